The predicted octanol–water partition coefficient (Wildman–Crippen LogP) is -4.67. The van der Waals surface area contributed by atoms with Crippen molar-refractivity contribution in [3.63, 3.8) is 0 Å². The Morgan fingerprint density at radius 1 is 1.27 bits per heavy atom. The van der Waals surface area contributed by atoms with E-state index in [4.69, 9.17) is 16.4 Å². The molecule has 2 N–H and O–H groups in total. The second-order valence-corrected chi connectivity index (χ2v) is 9.64. The molecule has 1 aliphatic rings. The van der Waals surface area contributed by atoms with E-state index in [1.54, 1.807) is 0 Å². The minimum atomic E-state index is -5.40. The predicted molar refractivity (Wildman–Crippen MR) is 119 cm³/mol. The van der Waals surface area contributed by atoms with Gasteiger partial charge in [-0.15, -0.1) is 22.9 Å². The number of oxime groups is 1. The second-order valence-electron chi connectivity index (χ2n) is 7.26. The third kappa shape index (κ3) is 7.59. The van der Waals surface area contributed by atoms with Gasteiger partial charge in [-0.25, -0.2) is 27.3 Å². The number of ether oxygens (including phenoxy) is 2. The Kier molecular flexibility index (Phi) is 11.4. The summed E-state index contributed by atoms with van der Waals surface area (Å²) in [7, 11) is -3.44. The first-order chi connectivity index (χ1) is 16.7. The average molecular weight is 592 g/mol. The maximum Gasteiger partial charge on any atom is 1.00 e. The Hall–Kier alpha value is -2.35. The van der Waals surface area contributed by atoms with Crippen LogP contribution in [0.25, 0.3) is 0 Å². The molecule has 1 aromatic rings. The van der Waals surface area contributed by atoms with Crippen molar-refractivity contribution in [3.05, 3.63) is 11.1 Å². The number of halogens is 1. The summed E-state index contributed by atoms with van der Waals surface area (Å²) in [5.41, 5.74) is -2.55. The van der Waals surface area contributed by atoms with E-state index in [0.717, 1.165) is 25.6 Å². The number of nitrogens with zero attached hydrogens (tertiary/aromatic N) is 3. The van der Waals surface area contributed by atoms with Gasteiger partial charge in [0.05, 0.1) is 14.2 Å². The normalized spacial score (nSPS) is 17.6. The average Bonchev–Trinajstić information content (AvgIpc) is 3.26. The summed E-state index contributed by atoms with van der Waals surface area (Å²) in [4.78, 5) is 69.8. The third-order valence-corrected chi connectivity index (χ3v) is 6.28. The fourth-order valence-corrected chi connectivity index (χ4v) is 4.25. The van der Waals surface area contributed by atoms with Crippen LogP contribution >= 0.6 is 22.9 Å². The van der Waals surface area contributed by atoms with Crippen molar-refractivity contribution >= 4 is 73.7 Å². The first kappa shape index (κ1) is 32.7. The molecule has 0 radical (unpaired) electrons. The van der Waals surface area contributed by atoms with Gasteiger partial charge in [0.1, 0.15) is 17.6 Å². The Bertz CT molecular complexity index is 1220. The number of hydrogen-bond acceptors (Lipinski definition) is 14. The van der Waals surface area contributed by atoms with Gasteiger partial charge in [0.25, 0.3) is 11.8 Å². The van der Waals surface area contributed by atoms with Crippen LogP contribution in [-0.4, -0.2) is 95.4 Å². The fourth-order valence-electron chi connectivity index (χ4n) is 2.65. The number of esters is 2. The summed E-state index contributed by atoms with van der Waals surface area (Å²) >= 11 is 6.28. The molecule has 198 valence electrons. The summed E-state index contributed by atoms with van der Waals surface area (Å²) in [5, 5.41) is 9.29. The van der Waals surface area contributed by atoms with Crippen molar-refractivity contribution in [2.45, 2.75) is 31.5 Å². The van der Waals surface area contributed by atoms with E-state index < -0.39 is 63.4 Å². The number of rotatable bonds is 10. The minimum Gasteiger partial charge on any atom is -0.731 e. The molecule has 0 aliphatic carbocycles. The Balaban J connectivity index is 0.00000684. The van der Waals surface area contributed by atoms with Gasteiger partial charge in [-0.05, 0) is 13.8 Å². The van der Waals surface area contributed by atoms with Gasteiger partial charge in [0, 0.05) is 5.38 Å². The molecule has 37 heavy (non-hydrogen) atoms. The molecule has 20 heteroatoms. The molecule has 2 rings (SSSR count). The zero-order valence-corrected chi connectivity index (χ0v) is 24.4. The van der Waals surface area contributed by atoms with Gasteiger partial charge in [-0.3, -0.25) is 14.4 Å². The molecule has 3 amide bonds. The van der Waals surface area contributed by atoms with Gasteiger partial charge in [-0.2, -0.15) is 0 Å². The van der Waals surface area contributed by atoms with Crippen LogP contribution in [0.2, 0.25) is 0 Å². The number of β-lactam (4-membered cyclic amide) rings is 1. The van der Waals surface area contributed by atoms with E-state index in [1.807, 2.05) is 0 Å². The molecule has 1 aromatic heterocycles. The van der Waals surface area contributed by atoms with Gasteiger partial charge >= 0.3 is 41.5 Å². The van der Waals surface area contributed by atoms with Gasteiger partial charge < -0.3 is 29.5 Å². The Labute approximate surface area is 241 Å². The van der Waals surface area contributed by atoms with Crippen molar-refractivity contribution in [1.82, 2.24) is 14.6 Å². The molecular weight excluding hydrogens is 573 g/mol. The van der Waals surface area contributed by atoms with Crippen LogP contribution in [0.3, 0.4) is 0 Å². The first-order valence-electron chi connectivity index (χ1n) is 9.52. The molecule has 2 heterocycles. The van der Waals surface area contributed by atoms with Crippen molar-refractivity contribution in [3.8, 4) is 0 Å². The molecule has 0 unspecified atom stereocenters. The quantitative estimate of drug-likeness (QED) is 0.0498. The topological polar surface area (TPSA) is 223 Å². The van der Waals surface area contributed by atoms with Crippen molar-refractivity contribution in [2.75, 3.05) is 25.4 Å². The van der Waals surface area contributed by atoms with E-state index in [-0.39, 0.29) is 50.6 Å². The first-order valence-corrected chi connectivity index (χ1v) is 12.3. The molecule has 1 aliphatic heterocycles. The number of methoxy groups -OCH3 is 2. The number of anilines is 1. The van der Waals surface area contributed by atoms with E-state index in [9.17, 15) is 36.9 Å². The van der Waals surface area contributed by atoms with Crippen molar-refractivity contribution in [2.24, 2.45) is 5.16 Å². The van der Waals surface area contributed by atoms with Crippen LogP contribution < -0.4 is 40.2 Å². The SMILES string of the molecule is COC(=O)[C@H]1[C@@H](NC(=O)/C(=N\OC(C)(C)C(=O)OC)c2csc(NC(=O)CCl)n2)C(=O)N1S(=O)(=O)[O-].[Na+]. The minimum absolute atomic E-state index is 0. The number of carbonyl (C=O) groups is 5. The maximum atomic E-state index is 13.0. The van der Waals surface area contributed by atoms with E-state index in [1.165, 1.54) is 19.2 Å². The summed E-state index contributed by atoms with van der Waals surface area (Å²) in [5.74, 6) is -5.77. The summed E-state index contributed by atoms with van der Waals surface area (Å²) in [6, 6.07) is -3.79. The zero-order chi connectivity index (χ0) is 27.4. The van der Waals surface area contributed by atoms with Gasteiger partial charge in [0.15, 0.2) is 27.2 Å². The molecule has 2 atom stereocenters. The van der Waals surface area contributed by atoms with Crippen LogP contribution in [0.1, 0.15) is 19.5 Å². The molecule has 0 spiro atoms. The van der Waals surface area contributed by atoms with Crippen molar-refractivity contribution < 1.29 is 80.8 Å². The number of amides is 3. The van der Waals surface area contributed by atoms with Crippen LogP contribution in [0.5, 0.6) is 0 Å². The molecule has 0 aromatic carbocycles. The number of nitrogens with one attached hydrogen (secondary N) is 2. The smallest absolute Gasteiger partial charge is 0.731 e. The van der Waals surface area contributed by atoms with Gasteiger partial charge in [0.2, 0.25) is 11.5 Å². The molecule has 16 nitrogen and oxygen atoms in total. The molecule has 1 fully saturated rings. The monoisotopic (exact) mass is 591 g/mol. The van der Waals surface area contributed by atoms with Gasteiger partial charge in [-0.1, -0.05) is 5.16 Å². The van der Waals surface area contributed by atoms with Crippen LogP contribution in [0.15, 0.2) is 10.5 Å². The van der Waals surface area contributed by atoms with E-state index >= 15 is 0 Å². The Morgan fingerprint density at radius 2 is 1.89 bits per heavy atom. The van der Waals surface area contributed by atoms with Crippen LogP contribution in [-0.2, 0) is 48.6 Å². The number of hydrogen-bond donors (Lipinski definition) is 2. The summed E-state index contributed by atoms with van der Waals surface area (Å²) in [6.07, 6.45) is 0. The zero-order valence-electron chi connectivity index (χ0n) is 20.0. The maximum absolute atomic E-state index is 13.0. The number of carbonyl (C=O) groups excluding carboxylic acids is 5. The fraction of sp³-hybridized carbons (Fsp3) is 0.471. The standard InChI is InChI=1S/C17H20ClN5O11S2.Na/c1-17(2,15(28)33-4)34-22-9(7-6-35-16(19-7)20-8(24)5-18)12(25)21-10-11(14(27)32-3)23(13(10)26)36(29,30)31;/h6,10-11H,5H2,1-4H3,(H,21,25)(H,19,20,24)(H,29,30,31);/q;+1/p-1/b22-9-;/t10-,11-;/m1./s1. The summed E-state index contributed by atoms with van der Waals surface area (Å²) in [6.45, 7) is 2.54. The Morgan fingerprint density at radius 3 is 2.41 bits per heavy atom. The summed E-state index contributed by atoms with van der Waals surface area (Å²) < 4.78 is 42.8. The van der Waals surface area contributed by atoms with E-state index in [2.05, 4.69) is 30.2 Å². The number of thiazole rings is 1. The van der Waals surface area contributed by atoms with Crippen LogP contribution in [0, 0.1) is 0 Å². The molecule has 1 saturated heterocycles. The largest absolute Gasteiger partial charge is 1.00 e. The second kappa shape index (κ2) is 12.9. The number of alkyl halides is 1. The molecule has 0 saturated carbocycles. The molecule has 0 bridgehead atoms. The molecular formula is C17H19ClN5NaO11S2. The van der Waals surface area contributed by atoms with Crippen molar-refractivity contribution in [1.29, 1.82) is 0 Å². The van der Waals surface area contributed by atoms with E-state index in [0.29, 0.717) is 0 Å². The number of aromatic nitrogens is 1. The third-order valence-electron chi connectivity index (χ3n) is 4.39. The van der Waals surface area contributed by atoms with Crippen LogP contribution in [0.4, 0.5) is 5.13 Å².